The van der Waals surface area contributed by atoms with Gasteiger partial charge in [-0.2, -0.15) is 11.8 Å². The van der Waals surface area contributed by atoms with E-state index in [0.717, 1.165) is 10.9 Å². The van der Waals surface area contributed by atoms with Crippen LogP contribution in [0, 0.1) is 0 Å². The summed E-state index contributed by atoms with van der Waals surface area (Å²) in [5.74, 6) is 2.68. The molecule has 0 fully saturated rings. The third-order valence-electron chi connectivity index (χ3n) is 2.61. The van der Waals surface area contributed by atoms with E-state index in [0.29, 0.717) is 5.92 Å². The second-order valence-electron chi connectivity index (χ2n) is 3.77. The molecule has 3 heteroatoms. The Hall–Kier alpha value is 0.01000. The normalized spacial score (nSPS) is 12.7. The van der Waals surface area contributed by atoms with Crippen molar-refractivity contribution in [1.82, 2.24) is 0 Å². The van der Waals surface area contributed by atoms with Crippen LogP contribution in [0.25, 0.3) is 0 Å². The fourth-order valence-electron chi connectivity index (χ4n) is 1.67. The van der Waals surface area contributed by atoms with Crippen LogP contribution in [-0.4, -0.2) is 23.2 Å². The van der Waals surface area contributed by atoms with E-state index in [4.69, 9.17) is 0 Å². The Morgan fingerprint density at radius 2 is 2.00 bits per heavy atom. The van der Waals surface area contributed by atoms with E-state index >= 15 is 0 Å². The molecule has 1 nitrogen and oxygen atoms in total. The van der Waals surface area contributed by atoms with Crippen molar-refractivity contribution in [2.45, 2.75) is 25.7 Å². The first-order chi connectivity index (χ1) is 7.77. The lowest BCUT2D eigenvalue weighted by molar-refractivity contribution is 0.259. The van der Waals surface area contributed by atoms with Crippen molar-refractivity contribution in [2.24, 2.45) is 0 Å². The molecule has 0 aliphatic rings. The average Bonchev–Trinajstić information content (AvgIpc) is 2.31. The molecular weight excluding hydrogens is 284 g/mol. The number of aliphatic hydroxyl groups is 1. The molecule has 0 aromatic heterocycles. The maximum atomic E-state index is 9.39. The first-order valence-corrected chi connectivity index (χ1v) is 7.66. The maximum Gasteiger partial charge on any atom is 0.0499 e. The van der Waals surface area contributed by atoms with Crippen LogP contribution in [0.2, 0.25) is 0 Å². The highest BCUT2D eigenvalue weighted by Crippen LogP contribution is 2.23. The van der Waals surface area contributed by atoms with Gasteiger partial charge < -0.3 is 5.11 Å². The van der Waals surface area contributed by atoms with Crippen LogP contribution in [0.5, 0.6) is 0 Å². The van der Waals surface area contributed by atoms with E-state index in [2.05, 4.69) is 35.0 Å². The minimum absolute atomic E-state index is 0.248. The largest absolute Gasteiger partial charge is 0.396 e. The predicted octanol–water partition coefficient (Wildman–Crippen LogP) is 4.06. The van der Waals surface area contributed by atoms with Crippen molar-refractivity contribution < 1.29 is 5.11 Å². The summed E-state index contributed by atoms with van der Waals surface area (Å²) in [4.78, 5) is 0. The fraction of sp³-hybridized carbons (Fsp3) is 0.538. The molecule has 1 N–H and O–H groups in total. The van der Waals surface area contributed by atoms with E-state index in [1.165, 1.54) is 23.5 Å². The smallest absolute Gasteiger partial charge is 0.0499 e. The van der Waals surface area contributed by atoms with Gasteiger partial charge in [0.25, 0.3) is 0 Å². The van der Waals surface area contributed by atoms with Crippen LogP contribution in [0.4, 0.5) is 0 Å². The van der Waals surface area contributed by atoms with Crippen molar-refractivity contribution in [2.75, 3.05) is 18.1 Å². The van der Waals surface area contributed by atoms with Gasteiger partial charge in [-0.15, -0.1) is 0 Å². The quantitative estimate of drug-likeness (QED) is 0.767. The molecule has 0 radical (unpaired) electrons. The summed E-state index contributed by atoms with van der Waals surface area (Å²) in [5, 5.41) is 9.39. The number of halogens is 1. The number of hydrogen-bond donors (Lipinski definition) is 1. The van der Waals surface area contributed by atoms with E-state index in [1.807, 2.05) is 23.9 Å². The number of hydrogen-bond acceptors (Lipinski definition) is 2. The minimum Gasteiger partial charge on any atom is -0.396 e. The molecule has 16 heavy (non-hydrogen) atoms. The SMILES string of the molecule is CCSCCCC(CO)c1ccc(Br)cc1. The van der Waals surface area contributed by atoms with Crippen LogP contribution in [0.3, 0.4) is 0 Å². The number of thioether (sulfide) groups is 1. The summed E-state index contributed by atoms with van der Waals surface area (Å²) in [6, 6.07) is 8.27. The van der Waals surface area contributed by atoms with Gasteiger partial charge in [-0.1, -0.05) is 35.0 Å². The van der Waals surface area contributed by atoms with Crippen LogP contribution in [-0.2, 0) is 0 Å². The molecule has 0 saturated heterocycles. The molecule has 1 aromatic carbocycles. The van der Waals surface area contributed by atoms with Crippen molar-refractivity contribution >= 4 is 27.7 Å². The van der Waals surface area contributed by atoms with E-state index in [1.54, 1.807) is 0 Å². The Balaban J connectivity index is 2.44. The summed E-state index contributed by atoms with van der Waals surface area (Å²) in [6.07, 6.45) is 2.25. The maximum absolute atomic E-state index is 9.39. The van der Waals surface area contributed by atoms with Gasteiger partial charge >= 0.3 is 0 Å². The summed E-state index contributed by atoms with van der Waals surface area (Å²) >= 11 is 5.39. The fourth-order valence-corrected chi connectivity index (χ4v) is 2.60. The van der Waals surface area contributed by atoms with Crippen LogP contribution in [0.1, 0.15) is 31.2 Å². The zero-order chi connectivity index (χ0) is 11.8. The summed E-state index contributed by atoms with van der Waals surface area (Å²) in [7, 11) is 0. The average molecular weight is 303 g/mol. The molecule has 1 aromatic rings. The number of rotatable bonds is 7. The highest BCUT2D eigenvalue weighted by Gasteiger charge is 2.09. The van der Waals surface area contributed by atoms with Crippen LogP contribution in [0.15, 0.2) is 28.7 Å². The Morgan fingerprint density at radius 1 is 1.31 bits per heavy atom. The topological polar surface area (TPSA) is 20.2 Å². The van der Waals surface area contributed by atoms with Gasteiger partial charge in [-0.3, -0.25) is 0 Å². The Bertz CT molecular complexity index is 286. The van der Waals surface area contributed by atoms with Crippen molar-refractivity contribution in [3.05, 3.63) is 34.3 Å². The monoisotopic (exact) mass is 302 g/mol. The summed E-state index contributed by atoms with van der Waals surface area (Å²) < 4.78 is 1.09. The summed E-state index contributed by atoms with van der Waals surface area (Å²) in [5.41, 5.74) is 1.24. The molecule has 1 atom stereocenters. The van der Waals surface area contributed by atoms with Gasteiger partial charge in [0.1, 0.15) is 0 Å². The highest BCUT2D eigenvalue weighted by atomic mass is 79.9. The highest BCUT2D eigenvalue weighted by molar-refractivity contribution is 9.10. The Labute approximate surface area is 111 Å². The third kappa shape index (κ3) is 4.89. The second-order valence-corrected chi connectivity index (χ2v) is 6.08. The number of benzene rings is 1. The molecule has 0 aliphatic heterocycles. The first-order valence-electron chi connectivity index (χ1n) is 5.72. The Morgan fingerprint density at radius 3 is 2.56 bits per heavy atom. The lowest BCUT2D eigenvalue weighted by Gasteiger charge is -2.14. The van der Waals surface area contributed by atoms with Crippen LogP contribution < -0.4 is 0 Å². The lowest BCUT2D eigenvalue weighted by Crippen LogP contribution is -2.04. The van der Waals surface area contributed by atoms with Crippen molar-refractivity contribution in [3.63, 3.8) is 0 Å². The van der Waals surface area contributed by atoms with Gasteiger partial charge in [0.15, 0.2) is 0 Å². The zero-order valence-electron chi connectivity index (χ0n) is 9.66. The van der Waals surface area contributed by atoms with E-state index < -0.39 is 0 Å². The van der Waals surface area contributed by atoms with E-state index in [9.17, 15) is 5.11 Å². The van der Waals surface area contributed by atoms with Gasteiger partial charge in [-0.05, 0) is 42.0 Å². The van der Waals surface area contributed by atoms with E-state index in [-0.39, 0.29) is 6.61 Å². The first kappa shape index (κ1) is 14.1. The lowest BCUT2D eigenvalue weighted by atomic mass is 9.95. The van der Waals surface area contributed by atoms with Crippen molar-refractivity contribution in [3.8, 4) is 0 Å². The zero-order valence-corrected chi connectivity index (χ0v) is 12.1. The number of aliphatic hydroxyl groups excluding tert-OH is 1. The molecule has 0 aliphatic carbocycles. The Kier molecular flexibility index (Phi) is 7.17. The molecule has 0 bridgehead atoms. The van der Waals surface area contributed by atoms with Gasteiger partial charge in [-0.25, -0.2) is 0 Å². The molecule has 1 unspecified atom stereocenters. The van der Waals surface area contributed by atoms with Gasteiger partial charge in [0.05, 0.1) is 0 Å². The molecule has 1 rings (SSSR count). The van der Waals surface area contributed by atoms with Gasteiger partial charge in [0, 0.05) is 17.0 Å². The second kappa shape index (κ2) is 8.15. The van der Waals surface area contributed by atoms with Crippen LogP contribution >= 0.6 is 27.7 Å². The third-order valence-corrected chi connectivity index (χ3v) is 4.12. The summed E-state index contributed by atoms with van der Waals surface area (Å²) in [6.45, 7) is 2.43. The molecule has 0 amide bonds. The molecule has 0 saturated carbocycles. The molecular formula is C13H19BrOS. The van der Waals surface area contributed by atoms with Gasteiger partial charge in [0.2, 0.25) is 0 Å². The molecule has 0 heterocycles. The van der Waals surface area contributed by atoms with Crippen molar-refractivity contribution in [1.29, 1.82) is 0 Å². The standard InChI is InChI=1S/C13H19BrOS/c1-2-16-9-3-4-12(10-15)11-5-7-13(14)8-6-11/h5-8,12,15H,2-4,9-10H2,1H3. The molecule has 0 spiro atoms. The minimum atomic E-state index is 0.248. The molecule has 90 valence electrons. The predicted molar refractivity (Wildman–Crippen MR) is 76.2 cm³/mol.